The highest BCUT2D eigenvalue weighted by Crippen LogP contribution is 2.43. The van der Waals surface area contributed by atoms with E-state index in [0.29, 0.717) is 51.0 Å². The zero-order valence-electron chi connectivity index (χ0n) is 22.9. The van der Waals surface area contributed by atoms with E-state index < -0.39 is 11.6 Å². The Hall–Kier alpha value is -1.74. The first-order valence-corrected chi connectivity index (χ1v) is 14.5. The lowest BCUT2D eigenvalue weighted by Crippen LogP contribution is -2.51. The lowest BCUT2D eigenvalue weighted by molar-refractivity contribution is -0.125. The standard InChI is InChI=1S/C29H43NO6S/c1-18-6-7-22(19(2)14-18)26(31)30(23-15-24(28(3,4)5)37-25(23)27(32)33)20-8-11-29(34,12-9-20)17-36-21-10-13-35-16-21/h6,15,19-22,34H,7-14,16-17H2,1-5H3,(H,32,33)/t19-,20?,21+,22?,29?/m1/s1. The molecule has 0 spiro atoms. The highest BCUT2D eigenvalue weighted by atomic mass is 32.1. The minimum atomic E-state index is -1.000. The second-order valence-electron chi connectivity index (χ2n) is 12.4. The molecule has 0 bridgehead atoms. The highest BCUT2D eigenvalue weighted by Gasteiger charge is 2.42. The van der Waals surface area contributed by atoms with Crippen LogP contribution in [0.4, 0.5) is 5.69 Å². The normalized spacial score (nSPS) is 30.7. The molecule has 1 saturated heterocycles. The summed E-state index contributed by atoms with van der Waals surface area (Å²) in [5.74, 6) is -0.988. The number of anilines is 1. The van der Waals surface area contributed by atoms with Crippen LogP contribution in [0.3, 0.4) is 0 Å². The van der Waals surface area contributed by atoms with Gasteiger partial charge < -0.3 is 24.6 Å². The average Bonchev–Trinajstić information content (AvgIpc) is 3.50. The van der Waals surface area contributed by atoms with Gasteiger partial charge in [-0.2, -0.15) is 0 Å². The van der Waals surface area contributed by atoms with E-state index in [1.807, 2.05) is 6.07 Å². The monoisotopic (exact) mass is 533 g/mol. The molecule has 2 fully saturated rings. The van der Waals surface area contributed by atoms with Crippen LogP contribution < -0.4 is 4.90 Å². The second-order valence-corrected chi connectivity index (χ2v) is 13.5. The van der Waals surface area contributed by atoms with Crippen LogP contribution in [0.25, 0.3) is 0 Å². The number of hydrogen-bond acceptors (Lipinski definition) is 6. The minimum Gasteiger partial charge on any atom is -0.477 e. The summed E-state index contributed by atoms with van der Waals surface area (Å²) in [5, 5.41) is 21.4. The van der Waals surface area contributed by atoms with Gasteiger partial charge >= 0.3 is 5.97 Å². The molecule has 37 heavy (non-hydrogen) atoms. The van der Waals surface area contributed by atoms with Crippen LogP contribution in [0.1, 0.15) is 94.1 Å². The third-order valence-electron chi connectivity index (χ3n) is 8.24. The molecular weight excluding hydrogens is 490 g/mol. The van der Waals surface area contributed by atoms with Crippen LogP contribution in [0.5, 0.6) is 0 Å². The molecule has 3 atom stereocenters. The molecule has 206 valence electrons. The summed E-state index contributed by atoms with van der Waals surface area (Å²) in [6.45, 7) is 11.9. The van der Waals surface area contributed by atoms with Crippen molar-refractivity contribution in [2.75, 3.05) is 24.7 Å². The van der Waals surface area contributed by atoms with Crippen molar-refractivity contribution in [3.63, 3.8) is 0 Å². The minimum absolute atomic E-state index is 0.00630. The summed E-state index contributed by atoms with van der Waals surface area (Å²) >= 11 is 1.27. The van der Waals surface area contributed by atoms with Crippen molar-refractivity contribution in [3.8, 4) is 0 Å². The molecule has 8 heteroatoms. The largest absolute Gasteiger partial charge is 0.477 e. The molecule has 1 unspecified atom stereocenters. The predicted molar refractivity (Wildman–Crippen MR) is 145 cm³/mol. The Morgan fingerprint density at radius 2 is 1.95 bits per heavy atom. The van der Waals surface area contributed by atoms with Gasteiger partial charge in [0.05, 0.1) is 30.6 Å². The lowest BCUT2D eigenvalue weighted by Gasteiger charge is -2.42. The highest BCUT2D eigenvalue weighted by molar-refractivity contribution is 7.14. The molecule has 2 heterocycles. The van der Waals surface area contributed by atoms with E-state index in [4.69, 9.17) is 9.47 Å². The zero-order valence-corrected chi connectivity index (χ0v) is 23.7. The van der Waals surface area contributed by atoms with Gasteiger partial charge in [0.2, 0.25) is 5.91 Å². The fourth-order valence-corrected chi connectivity index (χ4v) is 6.90. The molecular formula is C29H43NO6S. The van der Waals surface area contributed by atoms with Gasteiger partial charge in [-0.25, -0.2) is 4.79 Å². The van der Waals surface area contributed by atoms with E-state index in [0.717, 1.165) is 17.7 Å². The van der Waals surface area contributed by atoms with Crippen molar-refractivity contribution in [2.24, 2.45) is 11.8 Å². The van der Waals surface area contributed by atoms with Crippen molar-refractivity contribution < 1.29 is 29.3 Å². The molecule has 2 aliphatic carbocycles. The number of carboxylic acids is 1. The Morgan fingerprint density at radius 3 is 2.51 bits per heavy atom. The number of aromatic carboxylic acids is 1. The molecule has 1 saturated carbocycles. The number of rotatable bonds is 7. The third kappa shape index (κ3) is 6.47. The SMILES string of the molecule is CC1=CCC(C(=O)N(c2cc(C(C)(C)C)sc2C(=O)O)C2CCC(O)(CO[C@H]3CCOC3)CC2)[C@H](C)C1. The van der Waals surface area contributed by atoms with E-state index in [2.05, 4.69) is 40.7 Å². The fraction of sp³-hybridized carbons (Fsp3) is 0.724. The predicted octanol–water partition coefficient (Wildman–Crippen LogP) is 5.55. The van der Waals surface area contributed by atoms with Gasteiger partial charge in [-0.15, -0.1) is 11.3 Å². The van der Waals surface area contributed by atoms with Gasteiger partial charge in [-0.1, -0.05) is 39.3 Å². The van der Waals surface area contributed by atoms with Crippen molar-refractivity contribution in [2.45, 2.75) is 103 Å². The molecule has 2 N–H and O–H groups in total. The summed E-state index contributed by atoms with van der Waals surface area (Å²) in [4.78, 5) is 29.6. The Balaban J connectivity index is 1.61. The van der Waals surface area contributed by atoms with Gasteiger partial charge in [0, 0.05) is 23.4 Å². The Labute approximate surface area is 224 Å². The van der Waals surface area contributed by atoms with Gasteiger partial charge in [-0.3, -0.25) is 4.79 Å². The van der Waals surface area contributed by atoms with Gasteiger partial charge in [0.1, 0.15) is 4.88 Å². The number of aliphatic hydroxyl groups is 1. The maximum atomic E-state index is 14.2. The van der Waals surface area contributed by atoms with E-state index in [1.165, 1.54) is 16.9 Å². The topological polar surface area (TPSA) is 96.3 Å². The molecule has 0 aromatic carbocycles. The maximum absolute atomic E-state index is 14.2. The van der Waals surface area contributed by atoms with E-state index >= 15 is 0 Å². The van der Waals surface area contributed by atoms with Gasteiger partial charge in [0.15, 0.2) is 0 Å². The van der Waals surface area contributed by atoms with E-state index in [9.17, 15) is 19.8 Å². The summed E-state index contributed by atoms with van der Waals surface area (Å²) in [7, 11) is 0. The number of thiophene rings is 1. The number of hydrogen-bond donors (Lipinski definition) is 2. The maximum Gasteiger partial charge on any atom is 0.348 e. The molecule has 1 amide bonds. The number of nitrogens with zero attached hydrogens (tertiary/aromatic N) is 1. The number of ether oxygens (including phenoxy) is 2. The summed E-state index contributed by atoms with van der Waals surface area (Å²) < 4.78 is 11.3. The second kappa shape index (κ2) is 11.2. The number of carbonyl (C=O) groups excluding carboxylic acids is 1. The van der Waals surface area contributed by atoms with E-state index in [-0.39, 0.29) is 46.8 Å². The van der Waals surface area contributed by atoms with Gasteiger partial charge in [0.25, 0.3) is 0 Å². The summed E-state index contributed by atoms with van der Waals surface area (Å²) in [6.07, 6.45) is 6.79. The Kier molecular flexibility index (Phi) is 8.53. The third-order valence-corrected chi connectivity index (χ3v) is 9.78. The number of carboxylic acid groups (broad SMARTS) is 1. The first-order valence-electron chi connectivity index (χ1n) is 13.7. The molecule has 1 aromatic rings. The zero-order chi connectivity index (χ0) is 27.0. The van der Waals surface area contributed by atoms with Crippen LogP contribution in [-0.4, -0.2) is 59.7 Å². The van der Waals surface area contributed by atoms with Gasteiger partial charge in [-0.05, 0) is 69.3 Å². The number of amides is 1. The molecule has 1 aromatic heterocycles. The molecule has 0 radical (unpaired) electrons. The first-order chi connectivity index (χ1) is 17.4. The smallest absolute Gasteiger partial charge is 0.348 e. The summed E-state index contributed by atoms with van der Waals surface area (Å²) in [5.41, 5.74) is 0.650. The quantitative estimate of drug-likeness (QED) is 0.446. The van der Waals surface area contributed by atoms with E-state index in [1.54, 1.807) is 4.90 Å². The van der Waals surface area contributed by atoms with Crippen molar-refractivity contribution in [3.05, 3.63) is 27.5 Å². The Morgan fingerprint density at radius 1 is 1.24 bits per heavy atom. The fourth-order valence-electron chi connectivity index (χ4n) is 5.86. The summed E-state index contributed by atoms with van der Waals surface area (Å²) in [6, 6.07) is 1.76. The number of allylic oxidation sites excluding steroid dienone is 2. The molecule has 1 aliphatic heterocycles. The number of carbonyl (C=O) groups is 2. The molecule has 4 rings (SSSR count). The van der Waals surface area contributed by atoms with Crippen LogP contribution in [0.2, 0.25) is 0 Å². The lowest BCUT2D eigenvalue weighted by atomic mass is 9.78. The van der Waals surface area contributed by atoms with Crippen molar-refractivity contribution in [1.82, 2.24) is 0 Å². The van der Waals surface area contributed by atoms with Crippen LogP contribution in [0, 0.1) is 11.8 Å². The Bertz CT molecular complexity index is 1010. The van der Waals surface area contributed by atoms with Crippen molar-refractivity contribution >= 4 is 28.9 Å². The van der Waals surface area contributed by atoms with Crippen LogP contribution in [-0.2, 0) is 19.7 Å². The molecule has 7 nitrogen and oxygen atoms in total. The van der Waals surface area contributed by atoms with Crippen LogP contribution >= 0.6 is 11.3 Å². The first kappa shape index (κ1) is 28.3. The average molecular weight is 534 g/mol. The van der Waals surface area contributed by atoms with Crippen molar-refractivity contribution in [1.29, 1.82) is 0 Å². The van der Waals surface area contributed by atoms with Crippen LogP contribution in [0.15, 0.2) is 17.7 Å². The molecule has 3 aliphatic rings.